The third kappa shape index (κ3) is 5.28. The van der Waals surface area contributed by atoms with Crippen molar-refractivity contribution in [2.45, 2.75) is 29.7 Å². The van der Waals surface area contributed by atoms with Gasteiger partial charge < -0.3 is 10.1 Å². The standard InChI is InChI=1S/C31H24FN3O6S2/c1-2-41-30(39)18-8-12-20(13-9-18)33-22(36)16-34-29-26(43-31(34)40)23(17-6-4-3-5-7-17)24-25(42-29)28(38)35(27(24)37)21-14-10-19(32)11-15-21/h3-15,23-25H,2,16H2,1H3,(H,33,36)/t23-,24?,25?/m1/s1. The summed E-state index contributed by atoms with van der Waals surface area (Å²) in [7, 11) is 0. The summed E-state index contributed by atoms with van der Waals surface area (Å²) in [6, 6.07) is 20.5. The average Bonchev–Trinajstić information content (AvgIpc) is 3.44. The third-order valence-corrected chi connectivity index (χ3v) is 9.88. The van der Waals surface area contributed by atoms with Crippen molar-refractivity contribution in [2.75, 3.05) is 16.8 Å². The predicted molar refractivity (Wildman–Crippen MR) is 160 cm³/mol. The lowest BCUT2D eigenvalue weighted by Gasteiger charge is -2.30. The minimum atomic E-state index is -0.853. The molecule has 0 bridgehead atoms. The predicted octanol–water partition coefficient (Wildman–Crippen LogP) is 4.66. The minimum absolute atomic E-state index is 0.242. The van der Waals surface area contributed by atoms with Gasteiger partial charge in [-0.05, 0) is 61.0 Å². The maximum Gasteiger partial charge on any atom is 0.338 e. The van der Waals surface area contributed by atoms with Crippen LogP contribution in [0, 0.1) is 11.7 Å². The number of ether oxygens (including phenoxy) is 1. The number of carbonyl (C=O) groups is 4. The molecule has 6 rings (SSSR count). The number of carbonyl (C=O) groups excluding carboxylic acids is 4. The molecule has 0 aliphatic carbocycles. The largest absolute Gasteiger partial charge is 0.462 e. The second kappa shape index (κ2) is 11.6. The summed E-state index contributed by atoms with van der Waals surface area (Å²) in [4.78, 5) is 67.1. The number of thioether (sulfide) groups is 1. The van der Waals surface area contributed by atoms with E-state index in [9.17, 15) is 28.4 Å². The molecule has 1 aromatic heterocycles. The third-order valence-electron chi connectivity index (χ3n) is 7.27. The molecule has 12 heteroatoms. The van der Waals surface area contributed by atoms with Gasteiger partial charge in [-0.3, -0.25) is 23.7 Å². The van der Waals surface area contributed by atoms with Crippen LogP contribution in [0.15, 0.2) is 88.7 Å². The Bertz CT molecular complexity index is 1790. The van der Waals surface area contributed by atoms with E-state index in [4.69, 9.17) is 4.74 Å². The highest BCUT2D eigenvalue weighted by Crippen LogP contribution is 2.53. The summed E-state index contributed by atoms with van der Waals surface area (Å²) in [5.74, 6) is -3.72. The molecule has 0 saturated carbocycles. The van der Waals surface area contributed by atoms with Crippen molar-refractivity contribution in [3.63, 3.8) is 0 Å². The second-order valence-electron chi connectivity index (χ2n) is 9.91. The molecule has 43 heavy (non-hydrogen) atoms. The van der Waals surface area contributed by atoms with E-state index >= 15 is 0 Å². The summed E-state index contributed by atoms with van der Waals surface area (Å²) in [6.07, 6.45) is 0. The molecule has 3 aromatic carbocycles. The first-order valence-corrected chi connectivity index (χ1v) is 15.1. The quantitative estimate of drug-likeness (QED) is 0.237. The molecule has 2 aliphatic rings. The van der Waals surface area contributed by atoms with Gasteiger partial charge in [-0.25, -0.2) is 14.1 Å². The van der Waals surface area contributed by atoms with E-state index in [-0.39, 0.29) is 23.7 Å². The summed E-state index contributed by atoms with van der Waals surface area (Å²) in [5, 5.41) is 2.34. The number of amides is 3. The van der Waals surface area contributed by atoms with E-state index in [2.05, 4.69) is 5.32 Å². The number of anilines is 2. The molecule has 3 atom stereocenters. The fourth-order valence-corrected chi connectivity index (χ4v) is 8.14. The smallest absolute Gasteiger partial charge is 0.338 e. The van der Waals surface area contributed by atoms with Gasteiger partial charge in [0.15, 0.2) is 0 Å². The molecular weight excluding hydrogens is 593 g/mol. The van der Waals surface area contributed by atoms with Crippen molar-refractivity contribution in [1.29, 1.82) is 0 Å². The molecule has 9 nitrogen and oxygen atoms in total. The summed E-state index contributed by atoms with van der Waals surface area (Å²) < 4.78 is 19.9. The number of nitrogens with zero attached hydrogens (tertiary/aromatic N) is 2. The number of aromatic nitrogens is 1. The number of benzene rings is 3. The van der Waals surface area contributed by atoms with Gasteiger partial charge in [-0.2, -0.15) is 0 Å². The summed E-state index contributed by atoms with van der Waals surface area (Å²) in [5.41, 5.74) is 1.80. The minimum Gasteiger partial charge on any atom is -0.462 e. The Morgan fingerprint density at radius 3 is 2.30 bits per heavy atom. The van der Waals surface area contributed by atoms with Crippen LogP contribution in [0.1, 0.15) is 33.6 Å². The van der Waals surface area contributed by atoms with Crippen LogP contribution >= 0.6 is 23.1 Å². The lowest BCUT2D eigenvalue weighted by molar-refractivity contribution is -0.122. The van der Waals surface area contributed by atoms with Crippen molar-refractivity contribution < 1.29 is 28.3 Å². The molecule has 0 radical (unpaired) electrons. The van der Waals surface area contributed by atoms with E-state index in [1.807, 2.05) is 30.3 Å². The number of thiazole rings is 1. The van der Waals surface area contributed by atoms with E-state index in [1.54, 1.807) is 19.1 Å². The van der Waals surface area contributed by atoms with Crippen LogP contribution in [0.25, 0.3) is 0 Å². The number of hydrogen-bond acceptors (Lipinski definition) is 8. The van der Waals surface area contributed by atoms with Crippen LogP contribution in [-0.4, -0.2) is 40.1 Å². The zero-order valence-electron chi connectivity index (χ0n) is 22.7. The molecular formula is C31H24FN3O6S2. The van der Waals surface area contributed by atoms with Crippen molar-refractivity contribution in [3.05, 3.63) is 110 Å². The first-order chi connectivity index (χ1) is 20.8. The molecule has 4 aromatic rings. The maximum absolute atomic E-state index is 13.8. The Kier molecular flexibility index (Phi) is 7.72. The van der Waals surface area contributed by atoms with Crippen LogP contribution in [0.5, 0.6) is 0 Å². The summed E-state index contributed by atoms with van der Waals surface area (Å²) >= 11 is 2.05. The zero-order chi connectivity index (χ0) is 30.2. The Morgan fingerprint density at radius 2 is 1.63 bits per heavy atom. The van der Waals surface area contributed by atoms with Gasteiger partial charge in [-0.15, -0.1) is 0 Å². The number of esters is 1. The molecule has 1 saturated heterocycles. The number of nitrogens with one attached hydrogen (secondary N) is 1. The molecule has 0 spiro atoms. The van der Waals surface area contributed by atoms with Gasteiger partial charge in [0.2, 0.25) is 17.7 Å². The highest BCUT2D eigenvalue weighted by molar-refractivity contribution is 8.00. The van der Waals surface area contributed by atoms with E-state index in [0.717, 1.165) is 33.6 Å². The molecule has 218 valence electrons. The van der Waals surface area contributed by atoms with Gasteiger partial charge in [0.05, 0.1) is 28.8 Å². The van der Waals surface area contributed by atoms with Crippen LogP contribution < -0.4 is 15.1 Å². The number of rotatable bonds is 7. The molecule has 3 heterocycles. The highest BCUT2D eigenvalue weighted by Gasteiger charge is 2.56. The number of imide groups is 1. The fraction of sp³-hybridized carbons (Fsp3) is 0.194. The monoisotopic (exact) mass is 617 g/mol. The maximum atomic E-state index is 13.8. The van der Waals surface area contributed by atoms with Crippen molar-refractivity contribution in [3.8, 4) is 0 Å². The molecule has 1 N–H and O–H groups in total. The Labute approximate surface area is 253 Å². The highest BCUT2D eigenvalue weighted by atomic mass is 32.2. The molecule has 1 fully saturated rings. The van der Waals surface area contributed by atoms with Crippen LogP contribution in [0.3, 0.4) is 0 Å². The normalized spacial score (nSPS) is 19.1. The van der Waals surface area contributed by atoms with Gasteiger partial charge in [0, 0.05) is 16.5 Å². The van der Waals surface area contributed by atoms with Gasteiger partial charge in [0.1, 0.15) is 17.6 Å². The Balaban J connectivity index is 1.32. The van der Waals surface area contributed by atoms with Crippen molar-refractivity contribution in [1.82, 2.24) is 4.57 Å². The second-order valence-corrected chi connectivity index (χ2v) is 12.0. The SMILES string of the molecule is CCOC(=O)c1ccc(NC(=O)Cn2c3c(sc2=O)[C@H](c2ccccc2)C2C(=O)N(c4ccc(F)cc4)C(=O)C2S3)cc1. The number of fused-ring (bicyclic) bond motifs is 2. The average molecular weight is 618 g/mol. The van der Waals surface area contributed by atoms with Crippen LogP contribution in [0.2, 0.25) is 0 Å². The van der Waals surface area contributed by atoms with Gasteiger partial charge in [0.25, 0.3) is 0 Å². The van der Waals surface area contributed by atoms with Crippen molar-refractivity contribution in [2.24, 2.45) is 5.92 Å². The van der Waals surface area contributed by atoms with Gasteiger partial charge in [-0.1, -0.05) is 53.4 Å². The lowest BCUT2D eigenvalue weighted by Crippen LogP contribution is -2.33. The van der Waals surface area contributed by atoms with Crippen molar-refractivity contribution >= 4 is 58.2 Å². The van der Waals surface area contributed by atoms with E-state index in [0.29, 0.717) is 21.2 Å². The Hall–Kier alpha value is -4.55. The zero-order valence-corrected chi connectivity index (χ0v) is 24.3. The number of hydrogen-bond donors (Lipinski definition) is 1. The van der Waals surface area contributed by atoms with E-state index in [1.165, 1.54) is 41.0 Å². The van der Waals surface area contributed by atoms with E-state index < -0.39 is 46.6 Å². The molecule has 2 aliphatic heterocycles. The topological polar surface area (TPSA) is 115 Å². The van der Waals surface area contributed by atoms with Crippen LogP contribution in [-0.2, 0) is 25.7 Å². The molecule has 2 unspecified atom stereocenters. The first-order valence-electron chi connectivity index (χ1n) is 13.4. The number of halogens is 1. The molecule has 3 amide bonds. The lowest BCUT2D eigenvalue weighted by atomic mass is 9.83. The fourth-order valence-electron chi connectivity index (χ4n) is 5.37. The Morgan fingerprint density at radius 1 is 0.930 bits per heavy atom. The first kappa shape index (κ1) is 28.6. The van der Waals surface area contributed by atoms with Gasteiger partial charge >= 0.3 is 10.8 Å². The van der Waals surface area contributed by atoms with Crippen LogP contribution in [0.4, 0.5) is 15.8 Å². The summed E-state index contributed by atoms with van der Waals surface area (Å²) in [6.45, 7) is 1.63.